The number of halogens is 1. The fourth-order valence-electron chi connectivity index (χ4n) is 1.96. The van der Waals surface area contributed by atoms with Gasteiger partial charge < -0.3 is 0 Å². The third-order valence-corrected chi connectivity index (χ3v) is 5.03. The molecule has 104 valence electrons. The van der Waals surface area contributed by atoms with E-state index >= 15 is 0 Å². The van der Waals surface area contributed by atoms with E-state index in [0.717, 1.165) is 21.4 Å². The Morgan fingerprint density at radius 2 is 1.76 bits per heavy atom. The number of rotatable bonds is 3. The van der Waals surface area contributed by atoms with Crippen LogP contribution in [0, 0.1) is 0 Å². The number of oxime groups is 1. The molecule has 0 aliphatic carbocycles. The average molecular weight is 362 g/mol. The first-order valence-corrected chi connectivity index (χ1v) is 8.49. The zero-order valence-corrected chi connectivity index (χ0v) is 13.4. The Balaban J connectivity index is 1.96. The first-order valence-electron chi connectivity index (χ1n) is 6.27. The summed E-state index contributed by atoms with van der Waals surface area (Å²) >= 11 is 5.93. The van der Waals surface area contributed by atoms with Gasteiger partial charge in [-0.15, -0.1) is 0 Å². The molecule has 0 atom stereocenters. The maximum atomic E-state index is 9.33. The van der Waals surface area contributed by atoms with Crippen molar-refractivity contribution in [2.75, 3.05) is 0 Å². The van der Waals surface area contributed by atoms with Crippen LogP contribution in [-0.4, -0.2) is 30.4 Å². The molecule has 1 N–H and O–H groups in total. The van der Waals surface area contributed by atoms with Gasteiger partial charge in [-0.25, -0.2) is 0 Å². The van der Waals surface area contributed by atoms with Crippen LogP contribution in [0.25, 0.3) is 11.3 Å². The predicted molar refractivity (Wildman–Crippen MR) is 85.5 cm³/mol. The van der Waals surface area contributed by atoms with Crippen LogP contribution in [0.2, 0.25) is 5.02 Å². The van der Waals surface area contributed by atoms with Gasteiger partial charge in [-0.1, -0.05) is 0 Å². The Hall–Kier alpha value is -1.87. The molecule has 3 aromatic rings. The molecule has 0 saturated carbocycles. The number of hydrogen-bond acceptors (Lipinski definition) is 3. The average Bonchev–Trinajstić information content (AvgIpc) is 3.00. The number of hydrogen-bond donors (Lipinski definition) is 1. The molecule has 0 spiro atoms. The fraction of sp³-hybridized carbons (Fsp3) is 0. The topological polar surface area (TPSA) is 45.5 Å². The van der Waals surface area contributed by atoms with Crippen LogP contribution in [0.1, 0.15) is 10.1 Å². The van der Waals surface area contributed by atoms with Crippen molar-refractivity contribution in [1.82, 2.24) is 4.98 Å². The molecule has 1 heterocycles. The quantitative estimate of drug-likeness (QED) is 0.335. The van der Waals surface area contributed by atoms with E-state index in [-0.39, 0.29) is 14.5 Å². The van der Waals surface area contributed by atoms with Gasteiger partial charge in [-0.3, -0.25) is 0 Å². The molecule has 0 unspecified atom stereocenters. The van der Waals surface area contributed by atoms with Gasteiger partial charge in [0.15, 0.2) is 0 Å². The van der Waals surface area contributed by atoms with Crippen LogP contribution in [0.15, 0.2) is 64.7 Å². The van der Waals surface area contributed by atoms with E-state index in [0.29, 0.717) is 10.7 Å². The number of aromatic nitrogens is 1. The molecule has 3 rings (SSSR count). The molecule has 0 bridgehead atoms. The van der Waals surface area contributed by atoms with Crippen molar-refractivity contribution >= 4 is 31.8 Å². The van der Waals surface area contributed by atoms with Gasteiger partial charge in [0.2, 0.25) is 0 Å². The number of nitrogens with zero attached hydrogens (tertiary/aromatic N) is 2. The molecule has 0 saturated heterocycles. The van der Waals surface area contributed by atoms with E-state index in [1.54, 1.807) is 12.1 Å². The Morgan fingerprint density at radius 3 is 2.43 bits per heavy atom. The first-order chi connectivity index (χ1) is 10.3. The summed E-state index contributed by atoms with van der Waals surface area (Å²) in [5.74, 6) is 0. The molecule has 0 fully saturated rings. The van der Waals surface area contributed by atoms with Gasteiger partial charge in [0.1, 0.15) is 0 Å². The molecule has 21 heavy (non-hydrogen) atoms. The Kier molecular flexibility index (Phi) is 4.20. The van der Waals surface area contributed by atoms with Gasteiger partial charge in [-0.05, 0) is 0 Å². The minimum atomic E-state index is 0.0480. The Bertz CT molecular complexity index is 766. The van der Waals surface area contributed by atoms with Crippen LogP contribution in [0.3, 0.4) is 0 Å². The molecular weight excluding hydrogens is 351 g/mol. The zero-order chi connectivity index (χ0) is 14.7. The molecule has 0 amide bonds. The van der Waals surface area contributed by atoms with E-state index in [1.807, 2.05) is 42.5 Å². The summed E-state index contributed by atoms with van der Waals surface area (Å²) in [6, 6.07) is 17.2. The maximum absolute atomic E-state index is 9.33. The summed E-state index contributed by atoms with van der Waals surface area (Å²) in [5, 5.41) is 13.4. The van der Waals surface area contributed by atoms with Crippen molar-refractivity contribution in [2.45, 2.75) is 0 Å². The summed E-state index contributed by atoms with van der Waals surface area (Å²) in [5.41, 5.74) is 3.32. The van der Waals surface area contributed by atoms with E-state index in [2.05, 4.69) is 15.1 Å². The SMILES string of the molecule is ON=C(c1ccc(Cl)cc1)c1nc(-c2ccccc2)c[se]1. The van der Waals surface area contributed by atoms with E-state index < -0.39 is 0 Å². The van der Waals surface area contributed by atoms with E-state index in [4.69, 9.17) is 11.6 Å². The minimum absolute atomic E-state index is 0.0480. The molecule has 1 aromatic heterocycles. The molecule has 5 heteroatoms. The van der Waals surface area contributed by atoms with Crippen molar-refractivity contribution in [1.29, 1.82) is 0 Å². The van der Waals surface area contributed by atoms with Crippen molar-refractivity contribution in [3.05, 3.63) is 74.7 Å². The van der Waals surface area contributed by atoms with Crippen molar-refractivity contribution < 1.29 is 5.21 Å². The second kappa shape index (κ2) is 6.27. The molecule has 2 aromatic carbocycles. The van der Waals surface area contributed by atoms with Gasteiger partial charge in [0, 0.05) is 0 Å². The normalized spacial score (nSPS) is 11.6. The predicted octanol–water partition coefficient (Wildman–Crippen LogP) is 3.69. The standard InChI is InChI=1S/C16H11ClN2OSe/c17-13-8-6-12(7-9-13)15(19-20)16-18-14(10-21-16)11-4-2-1-3-5-11/h1-10,20H. The molecule has 0 aliphatic heterocycles. The van der Waals surface area contributed by atoms with E-state index in [9.17, 15) is 5.21 Å². The van der Waals surface area contributed by atoms with Crippen LogP contribution in [-0.2, 0) is 0 Å². The van der Waals surface area contributed by atoms with Crippen LogP contribution in [0.5, 0.6) is 0 Å². The summed E-state index contributed by atoms with van der Waals surface area (Å²) in [6.45, 7) is 0. The van der Waals surface area contributed by atoms with Crippen LogP contribution < -0.4 is 0 Å². The Morgan fingerprint density at radius 1 is 1.05 bits per heavy atom. The molecule has 3 nitrogen and oxygen atoms in total. The van der Waals surface area contributed by atoms with Gasteiger partial charge in [0.05, 0.1) is 0 Å². The summed E-state index contributed by atoms with van der Waals surface area (Å²) < 4.78 is 0.811. The van der Waals surface area contributed by atoms with Gasteiger partial charge >= 0.3 is 133 Å². The Labute approximate surface area is 133 Å². The van der Waals surface area contributed by atoms with Gasteiger partial charge in [0.25, 0.3) is 0 Å². The summed E-state index contributed by atoms with van der Waals surface area (Å²) in [4.78, 5) is 6.71. The third kappa shape index (κ3) is 3.08. The molecule has 0 aliphatic rings. The number of benzene rings is 2. The van der Waals surface area contributed by atoms with Crippen molar-refractivity contribution in [3.63, 3.8) is 0 Å². The summed E-state index contributed by atoms with van der Waals surface area (Å²) in [7, 11) is 0. The zero-order valence-electron chi connectivity index (χ0n) is 10.9. The second-order valence-corrected chi connectivity index (χ2v) is 6.60. The molecular formula is C16H11ClN2OSe. The fourth-order valence-corrected chi connectivity index (χ4v) is 3.83. The van der Waals surface area contributed by atoms with Crippen molar-refractivity contribution in [3.8, 4) is 11.3 Å². The first kappa shape index (κ1) is 14.1. The van der Waals surface area contributed by atoms with Gasteiger partial charge in [-0.2, -0.15) is 0 Å². The monoisotopic (exact) mass is 362 g/mol. The second-order valence-electron chi connectivity index (χ2n) is 4.36. The molecule has 0 radical (unpaired) electrons. The third-order valence-electron chi connectivity index (χ3n) is 2.99. The summed E-state index contributed by atoms with van der Waals surface area (Å²) in [6.07, 6.45) is 0. The van der Waals surface area contributed by atoms with E-state index in [1.165, 1.54) is 0 Å². The van der Waals surface area contributed by atoms with Crippen LogP contribution in [0.4, 0.5) is 0 Å². The van der Waals surface area contributed by atoms with Crippen molar-refractivity contribution in [2.24, 2.45) is 5.16 Å². The van der Waals surface area contributed by atoms with Crippen LogP contribution >= 0.6 is 11.6 Å².